The van der Waals surface area contributed by atoms with Gasteiger partial charge in [0.05, 0.1) is 0 Å². The second-order valence-electron chi connectivity index (χ2n) is 5.88. The van der Waals surface area contributed by atoms with Crippen LogP contribution >= 0.6 is 0 Å². The van der Waals surface area contributed by atoms with Gasteiger partial charge in [-0.05, 0) is 66.8 Å². The van der Waals surface area contributed by atoms with E-state index in [0.717, 1.165) is 24.7 Å². The smallest absolute Gasteiger partial charge is 0.150 e. The standard InChI is InChI=1S/C15H20O/c1-9-10(2)12-6-15(4,5)7-13(12)14(8-16)11(9)3/h8H,6-7H2,1-5H3. The summed E-state index contributed by atoms with van der Waals surface area (Å²) in [7, 11) is 0. The van der Waals surface area contributed by atoms with E-state index in [1.165, 1.54) is 27.8 Å². The Morgan fingerprint density at radius 2 is 1.50 bits per heavy atom. The average molecular weight is 216 g/mol. The van der Waals surface area contributed by atoms with Crippen LogP contribution in [0.3, 0.4) is 0 Å². The number of rotatable bonds is 1. The Balaban J connectivity index is 2.74. The lowest BCUT2D eigenvalue weighted by Crippen LogP contribution is -2.10. The van der Waals surface area contributed by atoms with E-state index in [4.69, 9.17) is 0 Å². The third-order valence-corrected chi connectivity index (χ3v) is 4.10. The van der Waals surface area contributed by atoms with Gasteiger partial charge < -0.3 is 0 Å². The summed E-state index contributed by atoms with van der Waals surface area (Å²) in [4.78, 5) is 11.3. The fourth-order valence-corrected chi connectivity index (χ4v) is 2.95. The number of carbonyl (C=O) groups is 1. The minimum Gasteiger partial charge on any atom is -0.298 e. The van der Waals surface area contributed by atoms with Crippen LogP contribution in [0.25, 0.3) is 0 Å². The zero-order valence-electron chi connectivity index (χ0n) is 10.9. The van der Waals surface area contributed by atoms with E-state index in [-0.39, 0.29) is 0 Å². The van der Waals surface area contributed by atoms with Crippen LogP contribution in [0.2, 0.25) is 0 Å². The van der Waals surface area contributed by atoms with Gasteiger partial charge in [-0.3, -0.25) is 4.79 Å². The molecule has 2 rings (SSSR count). The summed E-state index contributed by atoms with van der Waals surface area (Å²) in [5.74, 6) is 0. The largest absolute Gasteiger partial charge is 0.298 e. The molecule has 1 aromatic rings. The van der Waals surface area contributed by atoms with Crippen molar-refractivity contribution in [2.24, 2.45) is 5.41 Å². The zero-order chi connectivity index (χ0) is 12.1. The van der Waals surface area contributed by atoms with Crippen molar-refractivity contribution in [3.8, 4) is 0 Å². The second kappa shape index (κ2) is 3.44. The van der Waals surface area contributed by atoms with Crippen LogP contribution in [0.15, 0.2) is 0 Å². The van der Waals surface area contributed by atoms with E-state index >= 15 is 0 Å². The summed E-state index contributed by atoms with van der Waals surface area (Å²) >= 11 is 0. The van der Waals surface area contributed by atoms with Gasteiger partial charge in [0.15, 0.2) is 6.29 Å². The fourth-order valence-electron chi connectivity index (χ4n) is 2.95. The highest BCUT2D eigenvalue weighted by molar-refractivity contribution is 5.82. The highest BCUT2D eigenvalue weighted by Gasteiger charge is 2.32. The molecule has 1 aromatic carbocycles. The van der Waals surface area contributed by atoms with Crippen molar-refractivity contribution in [3.05, 3.63) is 33.4 Å². The van der Waals surface area contributed by atoms with Crippen LogP contribution in [0.1, 0.15) is 52.0 Å². The Bertz CT molecular complexity index is 467. The summed E-state index contributed by atoms with van der Waals surface area (Å²) in [6, 6.07) is 0. The second-order valence-corrected chi connectivity index (χ2v) is 5.88. The molecule has 16 heavy (non-hydrogen) atoms. The lowest BCUT2D eigenvalue weighted by atomic mass is 9.90. The van der Waals surface area contributed by atoms with E-state index in [2.05, 4.69) is 34.6 Å². The van der Waals surface area contributed by atoms with Crippen LogP contribution in [-0.2, 0) is 12.8 Å². The monoisotopic (exact) mass is 216 g/mol. The molecular weight excluding hydrogens is 196 g/mol. The normalized spacial score (nSPS) is 17.3. The lowest BCUT2D eigenvalue weighted by Gasteiger charge is -2.15. The molecule has 0 aliphatic heterocycles. The first-order valence-corrected chi connectivity index (χ1v) is 5.94. The average Bonchev–Trinajstić information content (AvgIpc) is 2.52. The highest BCUT2D eigenvalue weighted by atomic mass is 16.1. The number of benzene rings is 1. The molecule has 1 heteroatoms. The van der Waals surface area contributed by atoms with Gasteiger partial charge in [0.2, 0.25) is 0 Å². The maximum absolute atomic E-state index is 11.3. The molecule has 0 fully saturated rings. The Morgan fingerprint density at radius 1 is 0.938 bits per heavy atom. The molecule has 0 atom stereocenters. The van der Waals surface area contributed by atoms with Gasteiger partial charge in [0.1, 0.15) is 0 Å². The number of hydrogen-bond donors (Lipinski definition) is 0. The van der Waals surface area contributed by atoms with Crippen molar-refractivity contribution in [3.63, 3.8) is 0 Å². The van der Waals surface area contributed by atoms with Crippen LogP contribution in [0.4, 0.5) is 0 Å². The van der Waals surface area contributed by atoms with Crippen molar-refractivity contribution < 1.29 is 4.79 Å². The quantitative estimate of drug-likeness (QED) is 0.656. The first kappa shape index (κ1) is 11.4. The van der Waals surface area contributed by atoms with Crippen molar-refractivity contribution in [1.82, 2.24) is 0 Å². The highest BCUT2D eigenvalue weighted by Crippen LogP contribution is 2.41. The Morgan fingerprint density at radius 3 is 2.06 bits per heavy atom. The van der Waals surface area contributed by atoms with Gasteiger partial charge in [0.25, 0.3) is 0 Å². The minimum absolute atomic E-state index is 0.311. The van der Waals surface area contributed by atoms with Crippen molar-refractivity contribution in [1.29, 1.82) is 0 Å². The molecule has 0 spiro atoms. The van der Waals surface area contributed by atoms with Crippen LogP contribution in [0.5, 0.6) is 0 Å². The number of aldehydes is 1. The fraction of sp³-hybridized carbons (Fsp3) is 0.533. The summed E-state index contributed by atoms with van der Waals surface area (Å²) in [6.07, 6.45) is 3.19. The van der Waals surface area contributed by atoms with Gasteiger partial charge >= 0.3 is 0 Å². The van der Waals surface area contributed by atoms with Crippen molar-refractivity contribution >= 4 is 6.29 Å². The third-order valence-electron chi connectivity index (χ3n) is 4.10. The molecule has 1 aliphatic carbocycles. The molecule has 86 valence electrons. The molecule has 0 amide bonds. The molecule has 1 aliphatic rings. The van der Waals surface area contributed by atoms with Crippen LogP contribution < -0.4 is 0 Å². The molecule has 0 bridgehead atoms. The van der Waals surface area contributed by atoms with Crippen molar-refractivity contribution in [2.45, 2.75) is 47.5 Å². The maximum Gasteiger partial charge on any atom is 0.150 e. The van der Waals surface area contributed by atoms with E-state index in [0.29, 0.717) is 5.41 Å². The molecule has 0 aromatic heterocycles. The van der Waals surface area contributed by atoms with Crippen LogP contribution in [-0.4, -0.2) is 6.29 Å². The molecule has 0 N–H and O–H groups in total. The number of carbonyl (C=O) groups excluding carboxylic acids is 1. The van der Waals surface area contributed by atoms with Gasteiger partial charge in [0, 0.05) is 5.56 Å². The predicted molar refractivity (Wildman–Crippen MR) is 67.2 cm³/mol. The first-order chi connectivity index (χ1) is 7.37. The molecule has 0 saturated carbocycles. The topological polar surface area (TPSA) is 17.1 Å². The van der Waals surface area contributed by atoms with E-state index in [1.807, 2.05) is 0 Å². The van der Waals surface area contributed by atoms with Crippen LogP contribution in [0, 0.1) is 26.2 Å². The Kier molecular flexibility index (Phi) is 2.45. The molecule has 0 heterocycles. The zero-order valence-corrected chi connectivity index (χ0v) is 10.9. The summed E-state index contributed by atoms with van der Waals surface area (Å²) in [6.45, 7) is 11.0. The van der Waals surface area contributed by atoms with Gasteiger partial charge in [-0.1, -0.05) is 13.8 Å². The van der Waals surface area contributed by atoms with Gasteiger partial charge in [-0.25, -0.2) is 0 Å². The molecular formula is C15H20O. The third kappa shape index (κ3) is 1.50. The Labute approximate surface area is 97.9 Å². The van der Waals surface area contributed by atoms with E-state index in [9.17, 15) is 4.79 Å². The molecule has 0 saturated heterocycles. The SMILES string of the molecule is Cc1c(C)c(C=O)c2c(c1C)CC(C)(C)C2. The summed E-state index contributed by atoms with van der Waals surface area (Å²) in [5, 5.41) is 0. The lowest BCUT2D eigenvalue weighted by molar-refractivity contribution is 0.112. The maximum atomic E-state index is 11.3. The number of hydrogen-bond acceptors (Lipinski definition) is 1. The molecule has 0 radical (unpaired) electrons. The van der Waals surface area contributed by atoms with Gasteiger partial charge in [-0.2, -0.15) is 0 Å². The predicted octanol–water partition coefficient (Wildman–Crippen LogP) is 3.55. The number of fused-ring (bicyclic) bond motifs is 1. The molecule has 0 unspecified atom stereocenters. The molecule has 1 nitrogen and oxygen atoms in total. The Hall–Kier alpha value is -1.11. The van der Waals surface area contributed by atoms with E-state index in [1.54, 1.807) is 0 Å². The first-order valence-electron chi connectivity index (χ1n) is 5.94. The minimum atomic E-state index is 0.311. The van der Waals surface area contributed by atoms with Crippen molar-refractivity contribution in [2.75, 3.05) is 0 Å². The summed E-state index contributed by atoms with van der Waals surface area (Å²) < 4.78 is 0. The van der Waals surface area contributed by atoms with Gasteiger partial charge in [-0.15, -0.1) is 0 Å². The van der Waals surface area contributed by atoms with E-state index < -0.39 is 0 Å². The summed E-state index contributed by atoms with van der Waals surface area (Å²) in [5.41, 5.74) is 7.84.